The van der Waals surface area contributed by atoms with Gasteiger partial charge in [0, 0.05) is 37.4 Å². The number of carbonyl (C=O) groups excluding carboxylic acids is 3. The summed E-state index contributed by atoms with van der Waals surface area (Å²) in [6, 6.07) is 9.26. The number of carbonyl (C=O) groups is 3. The van der Waals surface area contributed by atoms with E-state index in [1.807, 2.05) is 30.3 Å². The molecule has 8 nitrogen and oxygen atoms in total. The number of hydrogen-bond acceptors (Lipinski definition) is 6. The molecule has 2 aromatic rings. The smallest absolute Gasteiger partial charge is 0.248 e. The van der Waals surface area contributed by atoms with Crippen molar-refractivity contribution in [1.29, 1.82) is 0 Å². The van der Waals surface area contributed by atoms with Crippen molar-refractivity contribution >= 4 is 39.9 Å². The second kappa shape index (κ2) is 9.17. The molecule has 0 aliphatic carbocycles. The van der Waals surface area contributed by atoms with Crippen molar-refractivity contribution in [2.75, 3.05) is 18.4 Å². The number of likely N-dealkylation sites (tertiary alicyclic amines) is 1. The highest BCUT2D eigenvalue weighted by atomic mass is 32.1. The van der Waals surface area contributed by atoms with Gasteiger partial charge in [-0.25, -0.2) is 9.99 Å². The van der Waals surface area contributed by atoms with Gasteiger partial charge in [-0.1, -0.05) is 30.3 Å². The van der Waals surface area contributed by atoms with E-state index in [2.05, 4.69) is 15.4 Å². The van der Waals surface area contributed by atoms with Crippen molar-refractivity contribution in [2.45, 2.75) is 38.1 Å². The maximum Gasteiger partial charge on any atom is 0.248 e. The molecule has 3 heterocycles. The fraction of sp³-hybridized carbons (Fsp3) is 0.381. The summed E-state index contributed by atoms with van der Waals surface area (Å²) in [5, 5.41) is 10.9. The van der Waals surface area contributed by atoms with Crippen LogP contribution in [0.15, 0.2) is 47.0 Å². The third-order valence-electron chi connectivity index (χ3n) is 5.29. The van der Waals surface area contributed by atoms with Crippen LogP contribution < -0.4 is 5.32 Å². The number of nitrogens with one attached hydrogen (secondary N) is 1. The first kappa shape index (κ1) is 20.2. The van der Waals surface area contributed by atoms with Crippen LogP contribution in [0.4, 0.5) is 5.13 Å². The highest BCUT2D eigenvalue weighted by Gasteiger charge is 2.34. The van der Waals surface area contributed by atoms with Crippen LogP contribution in [0.25, 0.3) is 0 Å². The first-order chi connectivity index (χ1) is 14.6. The quantitative estimate of drug-likeness (QED) is 0.769. The van der Waals surface area contributed by atoms with Gasteiger partial charge in [0.05, 0.1) is 12.3 Å². The van der Waals surface area contributed by atoms with E-state index in [0.29, 0.717) is 31.1 Å². The Hall–Kier alpha value is -3.07. The standard InChI is InChI=1S/C21H23N5O3S/c27-18(25-12-4-7-17(25)20(29)23-21-22-11-14-30-21)8-9-19(28)26-13-10-16(24-26)15-5-2-1-3-6-15/h1-3,5-6,11,14,17H,4,7-10,12-13H2,(H,22,23,29). The van der Waals surface area contributed by atoms with Crippen LogP contribution in [0.3, 0.4) is 0 Å². The fourth-order valence-electron chi connectivity index (χ4n) is 3.77. The van der Waals surface area contributed by atoms with Gasteiger partial charge in [-0.2, -0.15) is 5.10 Å². The van der Waals surface area contributed by atoms with E-state index in [1.54, 1.807) is 16.5 Å². The molecule has 1 unspecified atom stereocenters. The summed E-state index contributed by atoms with van der Waals surface area (Å²) < 4.78 is 0. The van der Waals surface area contributed by atoms with E-state index in [1.165, 1.54) is 16.3 Å². The summed E-state index contributed by atoms with van der Waals surface area (Å²) in [6.45, 7) is 1.06. The molecule has 1 aromatic carbocycles. The molecule has 0 saturated carbocycles. The zero-order valence-electron chi connectivity index (χ0n) is 16.5. The number of aromatic nitrogens is 1. The van der Waals surface area contributed by atoms with Gasteiger partial charge < -0.3 is 10.2 Å². The summed E-state index contributed by atoms with van der Waals surface area (Å²) in [4.78, 5) is 43.4. The lowest BCUT2D eigenvalue weighted by atomic mass is 10.1. The third-order valence-corrected chi connectivity index (χ3v) is 5.98. The van der Waals surface area contributed by atoms with Gasteiger partial charge in [0.15, 0.2) is 5.13 Å². The Kier molecular flexibility index (Phi) is 6.18. The Morgan fingerprint density at radius 3 is 2.67 bits per heavy atom. The number of amides is 3. The van der Waals surface area contributed by atoms with E-state index < -0.39 is 6.04 Å². The van der Waals surface area contributed by atoms with Gasteiger partial charge in [-0.05, 0) is 18.4 Å². The summed E-state index contributed by atoms with van der Waals surface area (Å²) in [5.41, 5.74) is 1.89. The second-order valence-electron chi connectivity index (χ2n) is 7.25. The van der Waals surface area contributed by atoms with Crippen molar-refractivity contribution in [1.82, 2.24) is 14.9 Å². The van der Waals surface area contributed by atoms with E-state index in [-0.39, 0.29) is 30.6 Å². The number of anilines is 1. The topological polar surface area (TPSA) is 95.0 Å². The number of thiazole rings is 1. The average molecular weight is 426 g/mol. The lowest BCUT2D eigenvalue weighted by Crippen LogP contribution is -2.43. The first-order valence-corrected chi connectivity index (χ1v) is 10.9. The van der Waals surface area contributed by atoms with E-state index >= 15 is 0 Å². The predicted octanol–water partition coefficient (Wildman–Crippen LogP) is 2.49. The summed E-state index contributed by atoms with van der Waals surface area (Å²) in [5.74, 6) is -0.567. The minimum Gasteiger partial charge on any atom is -0.331 e. The van der Waals surface area contributed by atoms with Crippen molar-refractivity contribution in [2.24, 2.45) is 5.10 Å². The van der Waals surface area contributed by atoms with Crippen LogP contribution in [0.5, 0.6) is 0 Å². The molecule has 1 saturated heterocycles. The number of hydrazone groups is 1. The minimum atomic E-state index is -0.508. The highest BCUT2D eigenvalue weighted by molar-refractivity contribution is 7.13. The molecule has 156 valence electrons. The SMILES string of the molecule is O=C(Nc1nccs1)C1CCCN1C(=O)CCC(=O)N1CCC(c2ccccc2)=N1. The van der Waals surface area contributed by atoms with Gasteiger partial charge in [0.2, 0.25) is 17.7 Å². The molecular weight excluding hydrogens is 402 g/mol. The van der Waals surface area contributed by atoms with Crippen molar-refractivity contribution < 1.29 is 14.4 Å². The summed E-state index contributed by atoms with van der Waals surface area (Å²) in [6.07, 6.45) is 3.87. The molecule has 9 heteroatoms. The van der Waals surface area contributed by atoms with E-state index in [4.69, 9.17) is 0 Å². The van der Waals surface area contributed by atoms with Gasteiger partial charge in [-0.15, -0.1) is 11.3 Å². The van der Waals surface area contributed by atoms with E-state index in [9.17, 15) is 14.4 Å². The molecule has 0 radical (unpaired) electrons. The van der Waals surface area contributed by atoms with Gasteiger partial charge in [-0.3, -0.25) is 14.4 Å². The Morgan fingerprint density at radius 1 is 1.10 bits per heavy atom. The third kappa shape index (κ3) is 4.56. The zero-order valence-corrected chi connectivity index (χ0v) is 17.3. The van der Waals surface area contributed by atoms with Crippen molar-refractivity contribution in [3.8, 4) is 0 Å². The minimum absolute atomic E-state index is 0.0759. The highest BCUT2D eigenvalue weighted by Crippen LogP contribution is 2.22. The molecule has 2 aliphatic rings. The Morgan fingerprint density at radius 2 is 1.90 bits per heavy atom. The van der Waals surface area contributed by atoms with Gasteiger partial charge in [0.25, 0.3) is 0 Å². The average Bonchev–Trinajstić information content (AvgIpc) is 3.53. The summed E-state index contributed by atoms with van der Waals surface area (Å²) >= 11 is 1.34. The molecule has 1 atom stereocenters. The lowest BCUT2D eigenvalue weighted by molar-refractivity contribution is -0.139. The molecule has 2 aliphatic heterocycles. The van der Waals surface area contributed by atoms with Gasteiger partial charge in [0.1, 0.15) is 6.04 Å². The largest absolute Gasteiger partial charge is 0.331 e. The first-order valence-electron chi connectivity index (χ1n) is 10.0. The number of benzene rings is 1. The molecule has 1 fully saturated rings. The summed E-state index contributed by atoms with van der Waals surface area (Å²) in [7, 11) is 0. The Bertz CT molecular complexity index is 945. The molecule has 3 amide bonds. The molecular formula is C21H23N5O3S. The van der Waals surface area contributed by atoms with Crippen LogP contribution in [-0.4, -0.2) is 57.5 Å². The Balaban J connectivity index is 1.30. The lowest BCUT2D eigenvalue weighted by Gasteiger charge is -2.23. The maximum atomic E-state index is 12.7. The molecule has 0 spiro atoms. The van der Waals surface area contributed by atoms with Crippen LogP contribution in [0.2, 0.25) is 0 Å². The fourth-order valence-corrected chi connectivity index (χ4v) is 4.30. The Labute approximate surface area is 178 Å². The van der Waals surface area contributed by atoms with Crippen LogP contribution in [0.1, 0.15) is 37.7 Å². The van der Waals surface area contributed by atoms with Crippen LogP contribution in [-0.2, 0) is 14.4 Å². The molecule has 1 aromatic heterocycles. The zero-order chi connectivity index (χ0) is 20.9. The number of hydrogen-bond donors (Lipinski definition) is 1. The van der Waals surface area contributed by atoms with Gasteiger partial charge >= 0.3 is 0 Å². The maximum absolute atomic E-state index is 12.7. The monoisotopic (exact) mass is 425 g/mol. The molecule has 1 N–H and O–H groups in total. The van der Waals surface area contributed by atoms with Crippen LogP contribution in [0, 0.1) is 0 Å². The predicted molar refractivity (Wildman–Crippen MR) is 114 cm³/mol. The second-order valence-corrected chi connectivity index (χ2v) is 8.15. The molecule has 0 bridgehead atoms. The number of nitrogens with zero attached hydrogens (tertiary/aromatic N) is 4. The van der Waals surface area contributed by atoms with Crippen molar-refractivity contribution in [3.05, 3.63) is 47.5 Å². The normalized spacial score (nSPS) is 18.4. The van der Waals surface area contributed by atoms with Crippen molar-refractivity contribution in [3.63, 3.8) is 0 Å². The molecule has 4 rings (SSSR count). The van der Waals surface area contributed by atoms with Crippen LogP contribution >= 0.6 is 11.3 Å². The van der Waals surface area contributed by atoms with E-state index in [0.717, 1.165) is 17.7 Å². The number of rotatable bonds is 6. The molecule has 30 heavy (non-hydrogen) atoms.